The molecule has 2 aromatic heterocycles. The molecule has 2 rings (SSSR count). The number of nitrogens with zero attached hydrogens (tertiary/aromatic N) is 2. The molecule has 0 bridgehead atoms. The van der Waals surface area contributed by atoms with Gasteiger partial charge in [0.05, 0.1) is 18.3 Å². The number of aromatic nitrogens is 2. The van der Waals surface area contributed by atoms with Crippen molar-refractivity contribution in [3.05, 3.63) is 40.0 Å². The zero-order valence-electron chi connectivity index (χ0n) is 16.2. The van der Waals surface area contributed by atoms with Crippen molar-refractivity contribution in [1.29, 1.82) is 0 Å². The molecule has 0 aliphatic rings. The van der Waals surface area contributed by atoms with Crippen LogP contribution in [0.3, 0.4) is 0 Å². The van der Waals surface area contributed by atoms with Crippen LogP contribution in [0.25, 0.3) is 0 Å². The fourth-order valence-corrected chi connectivity index (χ4v) is 3.26. The second-order valence-electron chi connectivity index (χ2n) is 6.37. The third kappa shape index (κ3) is 3.88. The van der Waals surface area contributed by atoms with Gasteiger partial charge in [0.15, 0.2) is 6.61 Å². The highest BCUT2D eigenvalue weighted by molar-refractivity contribution is 6.00. The maximum Gasteiger partial charge on any atom is 0.344 e. The number of aryl methyl sites for hydroxylation is 3. The van der Waals surface area contributed by atoms with Crippen molar-refractivity contribution in [3.8, 4) is 0 Å². The van der Waals surface area contributed by atoms with E-state index in [4.69, 9.17) is 14.0 Å². The number of ether oxygens (including phenoxy) is 2. The van der Waals surface area contributed by atoms with Gasteiger partial charge in [0.1, 0.15) is 11.3 Å². The summed E-state index contributed by atoms with van der Waals surface area (Å²) in [4.78, 5) is 24.9. The average molecular weight is 362 g/mol. The minimum atomic E-state index is -0.587. The maximum atomic E-state index is 12.6. The number of Topliss-reactive ketones (excluding diaryl/α,β-unsaturated/α-hetero) is 1. The van der Waals surface area contributed by atoms with Crippen LogP contribution in [-0.4, -0.2) is 41.8 Å². The molecule has 2 heterocycles. The first kappa shape index (κ1) is 19.9. The number of hydrogen-bond donors (Lipinski definition) is 0. The summed E-state index contributed by atoms with van der Waals surface area (Å²) in [6, 6.07) is 1.93. The summed E-state index contributed by atoms with van der Waals surface area (Å²) in [5, 5.41) is 3.83. The van der Waals surface area contributed by atoms with Crippen molar-refractivity contribution in [2.24, 2.45) is 0 Å². The van der Waals surface area contributed by atoms with Gasteiger partial charge in [0, 0.05) is 24.1 Å². The van der Waals surface area contributed by atoms with E-state index in [1.807, 2.05) is 33.8 Å². The van der Waals surface area contributed by atoms with Crippen molar-refractivity contribution in [2.75, 3.05) is 20.3 Å². The lowest BCUT2D eigenvalue weighted by Gasteiger charge is -2.17. The van der Waals surface area contributed by atoms with Crippen LogP contribution >= 0.6 is 0 Å². The van der Waals surface area contributed by atoms with Crippen LogP contribution < -0.4 is 0 Å². The highest BCUT2D eigenvalue weighted by Crippen LogP contribution is 2.22. The molecule has 0 aromatic carbocycles. The fourth-order valence-electron chi connectivity index (χ4n) is 3.26. The van der Waals surface area contributed by atoms with Crippen molar-refractivity contribution < 1.29 is 23.6 Å². The molecule has 0 fully saturated rings. The summed E-state index contributed by atoms with van der Waals surface area (Å²) in [5.41, 5.74) is 3.19. The molecule has 7 nitrogen and oxygen atoms in total. The van der Waals surface area contributed by atoms with Crippen molar-refractivity contribution in [2.45, 2.75) is 47.1 Å². The van der Waals surface area contributed by atoms with Gasteiger partial charge in [-0.1, -0.05) is 12.1 Å². The largest absolute Gasteiger partial charge is 0.454 e. The number of methoxy groups -OCH3 is 1. The van der Waals surface area contributed by atoms with E-state index in [0.29, 0.717) is 35.6 Å². The lowest BCUT2D eigenvalue weighted by Crippen LogP contribution is -2.17. The lowest BCUT2D eigenvalue weighted by atomic mass is 10.1. The highest BCUT2D eigenvalue weighted by atomic mass is 16.5. The van der Waals surface area contributed by atoms with Crippen molar-refractivity contribution >= 4 is 11.8 Å². The van der Waals surface area contributed by atoms with E-state index in [0.717, 1.165) is 11.4 Å². The Kier molecular flexibility index (Phi) is 6.37. The summed E-state index contributed by atoms with van der Waals surface area (Å²) in [6.45, 7) is 9.59. The van der Waals surface area contributed by atoms with Crippen molar-refractivity contribution in [3.63, 3.8) is 0 Å². The monoisotopic (exact) mass is 362 g/mol. The van der Waals surface area contributed by atoms with Crippen LogP contribution in [0.2, 0.25) is 0 Å². The molecule has 7 heteroatoms. The van der Waals surface area contributed by atoms with E-state index in [2.05, 4.69) is 9.72 Å². The van der Waals surface area contributed by atoms with Gasteiger partial charge in [-0.2, -0.15) is 0 Å². The van der Waals surface area contributed by atoms with E-state index >= 15 is 0 Å². The second kappa shape index (κ2) is 8.31. The minimum Gasteiger partial charge on any atom is -0.454 e. The average Bonchev–Trinajstić information content (AvgIpc) is 3.11. The smallest absolute Gasteiger partial charge is 0.344 e. The number of esters is 1. The van der Waals surface area contributed by atoms with Gasteiger partial charge >= 0.3 is 5.97 Å². The van der Waals surface area contributed by atoms with Gasteiger partial charge in [0.2, 0.25) is 5.78 Å². The van der Waals surface area contributed by atoms with Crippen LogP contribution in [0, 0.1) is 20.8 Å². The molecule has 0 N–H and O–H groups in total. The molecule has 26 heavy (non-hydrogen) atoms. The molecule has 1 unspecified atom stereocenters. The normalized spacial score (nSPS) is 12.2. The summed E-state index contributed by atoms with van der Waals surface area (Å²) >= 11 is 0. The van der Waals surface area contributed by atoms with Crippen LogP contribution in [-0.2, 0) is 15.9 Å². The van der Waals surface area contributed by atoms with Crippen LogP contribution in [0.15, 0.2) is 10.6 Å². The first-order chi connectivity index (χ1) is 12.3. The third-order valence-electron chi connectivity index (χ3n) is 4.44. The molecule has 0 spiro atoms. The maximum absolute atomic E-state index is 12.6. The zero-order chi connectivity index (χ0) is 19.4. The molecular weight excluding hydrogens is 336 g/mol. The Bertz CT molecular complexity index is 803. The van der Waals surface area contributed by atoms with Crippen LogP contribution in [0.5, 0.6) is 0 Å². The van der Waals surface area contributed by atoms with Gasteiger partial charge < -0.3 is 18.6 Å². The SMILES string of the molecule is CCc1noc(C)c1C(=O)OCC(=O)c1cc(C)n(C(C)COC)c1C. The quantitative estimate of drug-likeness (QED) is 0.530. The van der Waals surface area contributed by atoms with Gasteiger partial charge in [-0.15, -0.1) is 0 Å². The predicted octanol–water partition coefficient (Wildman–Crippen LogP) is 3.21. The third-order valence-corrected chi connectivity index (χ3v) is 4.44. The second-order valence-corrected chi connectivity index (χ2v) is 6.37. The first-order valence-electron chi connectivity index (χ1n) is 8.64. The Morgan fingerprint density at radius 1 is 1.31 bits per heavy atom. The van der Waals surface area contributed by atoms with Crippen molar-refractivity contribution in [1.82, 2.24) is 9.72 Å². The number of carbonyl (C=O) groups is 2. The summed E-state index contributed by atoms with van der Waals surface area (Å²) in [6.07, 6.45) is 0.550. The molecule has 1 atom stereocenters. The number of rotatable bonds is 8. The molecule has 142 valence electrons. The molecule has 0 saturated heterocycles. The van der Waals surface area contributed by atoms with Gasteiger partial charge in [-0.3, -0.25) is 4.79 Å². The predicted molar refractivity (Wildman–Crippen MR) is 95.7 cm³/mol. The zero-order valence-corrected chi connectivity index (χ0v) is 16.2. The van der Waals surface area contributed by atoms with E-state index in [1.165, 1.54) is 0 Å². The molecule has 0 aliphatic carbocycles. The number of hydrogen-bond acceptors (Lipinski definition) is 6. The molecule has 0 aliphatic heterocycles. The molecule has 0 saturated carbocycles. The first-order valence-corrected chi connectivity index (χ1v) is 8.64. The summed E-state index contributed by atoms with van der Waals surface area (Å²) < 4.78 is 17.5. The molecule has 0 radical (unpaired) electrons. The number of ketones is 1. The van der Waals surface area contributed by atoms with E-state index in [9.17, 15) is 9.59 Å². The molecular formula is C19H26N2O5. The summed E-state index contributed by atoms with van der Waals surface area (Å²) in [5.74, 6) is -0.434. The Morgan fingerprint density at radius 3 is 2.62 bits per heavy atom. The van der Waals surface area contributed by atoms with E-state index in [-0.39, 0.29) is 18.4 Å². The van der Waals surface area contributed by atoms with E-state index in [1.54, 1.807) is 14.0 Å². The van der Waals surface area contributed by atoms with E-state index < -0.39 is 5.97 Å². The Hall–Kier alpha value is -2.41. The van der Waals surface area contributed by atoms with Gasteiger partial charge in [-0.25, -0.2) is 4.79 Å². The van der Waals surface area contributed by atoms with Gasteiger partial charge in [-0.05, 0) is 40.2 Å². The van der Waals surface area contributed by atoms with Gasteiger partial charge in [0.25, 0.3) is 0 Å². The standard InChI is InChI=1S/C19H26N2O5/c1-7-16-18(14(5)26-20-16)19(23)25-10-17(22)15-8-11(2)21(13(15)4)12(3)9-24-6/h8,12H,7,9-10H2,1-6H3. The summed E-state index contributed by atoms with van der Waals surface area (Å²) in [7, 11) is 1.65. The van der Waals surface area contributed by atoms with Crippen LogP contribution in [0.4, 0.5) is 0 Å². The minimum absolute atomic E-state index is 0.107. The van der Waals surface area contributed by atoms with Crippen LogP contribution in [0.1, 0.15) is 63.4 Å². The topological polar surface area (TPSA) is 83.6 Å². The fraction of sp³-hybridized carbons (Fsp3) is 0.526. The molecule has 2 aromatic rings. The lowest BCUT2D eigenvalue weighted by molar-refractivity contribution is 0.0471. The Balaban J connectivity index is 2.12. The highest BCUT2D eigenvalue weighted by Gasteiger charge is 2.23. The molecule has 0 amide bonds. The number of carbonyl (C=O) groups excluding carboxylic acids is 2. The Labute approximate surface area is 153 Å². The Morgan fingerprint density at radius 2 is 2.00 bits per heavy atom.